The SMILES string of the molecule is O=C(c1ccccc1-c1ccccn1)c1ccccc1C(F)(F)F. The minimum atomic E-state index is -4.59. The molecule has 0 aliphatic heterocycles. The van der Waals surface area contributed by atoms with E-state index in [0.717, 1.165) is 6.07 Å². The van der Waals surface area contributed by atoms with Crippen molar-refractivity contribution in [3.63, 3.8) is 0 Å². The zero-order valence-electron chi connectivity index (χ0n) is 12.4. The first kappa shape index (κ1) is 15.9. The maximum absolute atomic E-state index is 13.2. The number of benzene rings is 2. The molecule has 0 saturated carbocycles. The second-order valence-electron chi connectivity index (χ2n) is 5.13. The smallest absolute Gasteiger partial charge is 0.289 e. The molecule has 0 fully saturated rings. The molecule has 2 aromatic carbocycles. The fourth-order valence-electron chi connectivity index (χ4n) is 2.50. The predicted molar refractivity (Wildman–Crippen MR) is 84.5 cm³/mol. The number of carbonyl (C=O) groups is 1. The van der Waals surface area contributed by atoms with Crippen molar-refractivity contribution < 1.29 is 18.0 Å². The number of nitrogens with zero attached hydrogens (tertiary/aromatic N) is 1. The molecule has 0 atom stereocenters. The molecule has 0 bridgehead atoms. The zero-order valence-corrected chi connectivity index (χ0v) is 12.4. The Bertz CT molecular complexity index is 873. The Hall–Kier alpha value is -2.95. The topological polar surface area (TPSA) is 30.0 Å². The van der Waals surface area contributed by atoms with E-state index in [1.165, 1.54) is 24.3 Å². The van der Waals surface area contributed by atoms with Gasteiger partial charge in [-0.1, -0.05) is 48.5 Å². The molecule has 0 amide bonds. The van der Waals surface area contributed by atoms with Crippen LogP contribution in [0.2, 0.25) is 0 Å². The first-order chi connectivity index (χ1) is 11.5. The molecule has 24 heavy (non-hydrogen) atoms. The third-order valence-corrected chi connectivity index (χ3v) is 3.59. The Balaban J connectivity index is 2.14. The maximum atomic E-state index is 13.2. The van der Waals surface area contributed by atoms with Gasteiger partial charge in [-0.2, -0.15) is 13.2 Å². The van der Waals surface area contributed by atoms with Crippen LogP contribution < -0.4 is 0 Å². The van der Waals surface area contributed by atoms with E-state index in [2.05, 4.69) is 4.98 Å². The molecule has 0 aliphatic rings. The van der Waals surface area contributed by atoms with Crippen molar-refractivity contribution in [1.29, 1.82) is 0 Å². The molecule has 3 rings (SSSR count). The molecular weight excluding hydrogens is 315 g/mol. The average Bonchev–Trinajstić information content (AvgIpc) is 2.61. The molecule has 0 N–H and O–H groups in total. The highest BCUT2D eigenvalue weighted by atomic mass is 19.4. The standard InChI is InChI=1S/C19H12F3NO/c20-19(21,22)16-10-4-3-9-15(16)18(24)14-8-2-1-7-13(14)17-11-5-6-12-23-17/h1-12H. The second kappa shape index (κ2) is 6.28. The molecule has 0 saturated heterocycles. The van der Waals surface area contributed by atoms with Crippen LogP contribution in [-0.4, -0.2) is 10.8 Å². The van der Waals surface area contributed by atoms with Gasteiger partial charge in [-0.25, -0.2) is 0 Å². The van der Waals surface area contributed by atoms with Gasteiger partial charge in [-0.15, -0.1) is 0 Å². The van der Waals surface area contributed by atoms with Crippen molar-refractivity contribution >= 4 is 5.78 Å². The number of halogens is 3. The van der Waals surface area contributed by atoms with Gasteiger partial charge in [-0.05, 0) is 18.2 Å². The number of carbonyl (C=O) groups excluding carboxylic acids is 1. The van der Waals surface area contributed by atoms with Crippen molar-refractivity contribution in [2.45, 2.75) is 6.18 Å². The van der Waals surface area contributed by atoms with E-state index in [1.807, 2.05) is 0 Å². The quantitative estimate of drug-likeness (QED) is 0.634. The lowest BCUT2D eigenvalue weighted by Gasteiger charge is -2.13. The molecule has 3 aromatic rings. The molecule has 5 heteroatoms. The minimum Gasteiger partial charge on any atom is -0.289 e. The van der Waals surface area contributed by atoms with Crippen molar-refractivity contribution in [2.75, 3.05) is 0 Å². The third kappa shape index (κ3) is 3.06. The Morgan fingerprint density at radius 1 is 0.792 bits per heavy atom. The predicted octanol–water partition coefficient (Wildman–Crippen LogP) is 5.00. The highest BCUT2D eigenvalue weighted by molar-refractivity contribution is 6.13. The van der Waals surface area contributed by atoms with Crippen LogP contribution in [0.1, 0.15) is 21.5 Å². The Kier molecular flexibility index (Phi) is 4.16. The van der Waals surface area contributed by atoms with Gasteiger partial charge >= 0.3 is 6.18 Å². The van der Waals surface area contributed by atoms with Crippen LogP contribution >= 0.6 is 0 Å². The van der Waals surface area contributed by atoms with E-state index >= 15 is 0 Å². The molecule has 120 valence electrons. The van der Waals surface area contributed by atoms with Crippen LogP contribution in [-0.2, 0) is 6.18 Å². The summed E-state index contributed by atoms with van der Waals surface area (Å²) in [7, 11) is 0. The Labute approximate surface area is 136 Å². The fourth-order valence-corrected chi connectivity index (χ4v) is 2.50. The lowest BCUT2D eigenvalue weighted by atomic mass is 9.93. The lowest BCUT2D eigenvalue weighted by molar-refractivity contribution is -0.137. The molecule has 0 spiro atoms. The minimum absolute atomic E-state index is 0.188. The van der Waals surface area contributed by atoms with E-state index in [9.17, 15) is 18.0 Å². The van der Waals surface area contributed by atoms with E-state index < -0.39 is 17.5 Å². The van der Waals surface area contributed by atoms with Gasteiger partial charge < -0.3 is 0 Å². The summed E-state index contributed by atoms with van der Waals surface area (Å²) in [5.41, 5.74) is -0.0851. The van der Waals surface area contributed by atoms with Gasteiger partial charge in [0.1, 0.15) is 0 Å². The lowest BCUT2D eigenvalue weighted by Crippen LogP contribution is -2.14. The van der Waals surface area contributed by atoms with Crippen molar-refractivity contribution in [2.24, 2.45) is 0 Å². The monoisotopic (exact) mass is 327 g/mol. The van der Waals surface area contributed by atoms with Crippen LogP contribution in [0.5, 0.6) is 0 Å². The van der Waals surface area contributed by atoms with Crippen molar-refractivity contribution in [3.8, 4) is 11.3 Å². The van der Waals surface area contributed by atoms with Crippen molar-refractivity contribution in [3.05, 3.63) is 89.6 Å². The number of hydrogen-bond acceptors (Lipinski definition) is 2. The summed E-state index contributed by atoms with van der Waals surface area (Å²) in [5, 5.41) is 0. The highest BCUT2D eigenvalue weighted by Crippen LogP contribution is 2.34. The first-order valence-corrected chi connectivity index (χ1v) is 7.20. The Morgan fingerprint density at radius 3 is 2.08 bits per heavy atom. The molecule has 0 unspecified atom stereocenters. The highest BCUT2D eigenvalue weighted by Gasteiger charge is 2.35. The van der Waals surface area contributed by atoms with E-state index in [0.29, 0.717) is 11.3 Å². The average molecular weight is 327 g/mol. The van der Waals surface area contributed by atoms with Gasteiger partial charge in [0.25, 0.3) is 0 Å². The largest absolute Gasteiger partial charge is 0.417 e. The van der Waals surface area contributed by atoms with Crippen molar-refractivity contribution in [1.82, 2.24) is 4.98 Å². The van der Waals surface area contributed by atoms with E-state index in [-0.39, 0.29) is 11.1 Å². The second-order valence-corrected chi connectivity index (χ2v) is 5.13. The molecule has 0 radical (unpaired) electrons. The molecule has 1 heterocycles. The van der Waals surface area contributed by atoms with E-state index in [4.69, 9.17) is 0 Å². The Morgan fingerprint density at radius 2 is 1.42 bits per heavy atom. The third-order valence-electron chi connectivity index (χ3n) is 3.59. The van der Waals surface area contributed by atoms with Crippen LogP contribution in [0.3, 0.4) is 0 Å². The summed E-state index contributed by atoms with van der Waals surface area (Å²) in [4.78, 5) is 17.0. The number of hydrogen-bond donors (Lipinski definition) is 0. The number of aromatic nitrogens is 1. The number of alkyl halides is 3. The molecule has 0 aliphatic carbocycles. The fraction of sp³-hybridized carbons (Fsp3) is 0.0526. The molecule has 2 nitrogen and oxygen atoms in total. The van der Waals surface area contributed by atoms with Gasteiger partial charge in [0, 0.05) is 22.9 Å². The van der Waals surface area contributed by atoms with Crippen LogP contribution in [0.15, 0.2) is 72.9 Å². The molecule has 1 aromatic heterocycles. The normalized spacial score (nSPS) is 11.3. The van der Waals surface area contributed by atoms with Gasteiger partial charge in [0.15, 0.2) is 5.78 Å². The maximum Gasteiger partial charge on any atom is 0.417 e. The number of pyridine rings is 1. The number of ketones is 1. The summed E-state index contributed by atoms with van der Waals surface area (Å²) in [5.74, 6) is -0.677. The van der Waals surface area contributed by atoms with E-state index in [1.54, 1.807) is 42.6 Å². The molecular formula is C19H12F3NO. The number of rotatable bonds is 3. The van der Waals surface area contributed by atoms with Crippen LogP contribution in [0.4, 0.5) is 13.2 Å². The first-order valence-electron chi connectivity index (χ1n) is 7.20. The van der Waals surface area contributed by atoms with Gasteiger partial charge in [0.2, 0.25) is 0 Å². The zero-order chi connectivity index (χ0) is 17.2. The van der Waals surface area contributed by atoms with Crippen LogP contribution in [0.25, 0.3) is 11.3 Å². The summed E-state index contributed by atoms with van der Waals surface area (Å²) in [6.07, 6.45) is -3.02. The van der Waals surface area contributed by atoms with Crippen LogP contribution in [0, 0.1) is 0 Å². The summed E-state index contributed by atoms with van der Waals surface area (Å²) >= 11 is 0. The van der Waals surface area contributed by atoms with Gasteiger partial charge in [-0.3, -0.25) is 9.78 Å². The summed E-state index contributed by atoms with van der Waals surface area (Å²) in [6.45, 7) is 0. The van der Waals surface area contributed by atoms with Gasteiger partial charge in [0.05, 0.1) is 11.3 Å². The summed E-state index contributed by atoms with van der Waals surface area (Å²) < 4.78 is 39.6. The summed E-state index contributed by atoms with van der Waals surface area (Å²) in [6, 6.07) is 16.5.